The Kier molecular flexibility index (Phi) is 4.12. The van der Waals surface area contributed by atoms with Crippen molar-refractivity contribution in [3.63, 3.8) is 0 Å². The van der Waals surface area contributed by atoms with Crippen molar-refractivity contribution in [1.82, 2.24) is 0 Å². The number of hydrogen-bond acceptors (Lipinski definition) is 7. The first-order valence-electron chi connectivity index (χ1n) is 7.12. The number of fused-ring (bicyclic) bond motifs is 1. The number of nitrogens with one attached hydrogen (secondary N) is 1. The summed E-state index contributed by atoms with van der Waals surface area (Å²) in [5.41, 5.74) is 0.679. The van der Waals surface area contributed by atoms with Gasteiger partial charge in [0.1, 0.15) is 0 Å². The molecule has 126 valence electrons. The van der Waals surface area contributed by atoms with Gasteiger partial charge in [0, 0.05) is 23.4 Å². The molecule has 0 aliphatic carbocycles. The molecule has 0 amide bonds. The number of cyclic esters (lactones) is 1. The van der Waals surface area contributed by atoms with E-state index in [1.807, 2.05) is 0 Å². The van der Waals surface area contributed by atoms with Crippen LogP contribution in [-0.4, -0.2) is 15.8 Å². The quantitative estimate of drug-likeness (QED) is 0.503. The normalized spacial score (nSPS) is 16.1. The number of carbonyl (C=O) groups is 1. The topological polar surface area (TPSA) is 125 Å². The van der Waals surface area contributed by atoms with Crippen LogP contribution in [0.2, 0.25) is 0 Å². The van der Waals surface area contributed by atoms with Crippen LogP contribution in [0.1, 0.15) is 22.0 Å². The van der Waals surface area contributed by atoms with Crippen LogP contribution >= 0.6 is 0 Å². The number of ether oxygens (including phenoxy) is 1. The van der Waals surface area contributed by atoms with Gasteiger partial charge in [0.2, 0.25) is 6.10 Å². The van der Waals surface area contributed by atoms with Crippen molar-refractivity contribution in [1.29, 1.82) is 0 Å². The molecule has 1 atom stereocenters. The molecule has 2 aromatic carbocycles. The lowest BCUT2D eigenvalue weighted by atomic mass is 10.0. The number of nitrogens with zero attached hydrogens (tertiary/aromatic N) is 2. The number of hydrogen-bond donors (Lipinski definition) is 1. The van der Waals surface area contributed by atoms with E-state index in [0.29, 0.717) is 11.3 Å². The van der Waals surface area contributed by atoms with Crippen molar-refractivity contribution in [2.75, 3.05) is 5.32 Å². The van der Waals surface area contributed by atoms with E-state index in [-0.39, 0.29) is 16.9 Å². The third-order valence-corrected chi connectivity index (χ3v) is 3.63. The van der Waals surface area contributed by atoms with Crippen LogP contribution in [0.4, 0.5) is 11.4 Å². The van der Waals surface area contributed by atoms with Crippen LogP contribution in [0.3, 0.4) is 0 Å². The van der Waals surface area contributed by atoms with Crippen molar-refractivity contribution in [3.8, 4) is 0 Å². The Morgan fingerprint density at radius 3 is 2.40 bits per heavy atom. The predicted octanol–water partition coefficient (Wildman–Crippen LogP) is 3.04. The molecule has 1 aliphatic heterocycles. The van der Waals surface area contributed by atoms with Crippen molar-refractivity contribution in [2.24, 2.45) is 0 Å². The second-order valence-corrected chi connectivity index (χ2v) is 5.15. The summed E-state index contributed by atoms with van der Waals surface area (Å²) in [4.78, 5) is 32.6. The lowest BCUT2D eigenvalue weighted by Gasteiger charge is -2.08. The molecule has 0 fully saturated rings. The zero-order chi connectivity index (χ0) is 18.0. The van der Waals surface area contributed by atoms with Gasteiger partial charge in [0.05, 0.1) is 21.6 Å². The molecular weight excluding hydrogens is 330 g/mol. The number of nitro groups is 2. The molecular formula is C16H11N3O6. The molecule has 9 heteroatoms. The van der Waals surface area contributed by atoms with E-state index in [4.69, 9.17) is 4.74 Å². The van der Waals surface area contributed by atoms with E-state index in [2.05, 4.69) is 5.32 Å². The minimum atomic E-state index is -1.12. The predicted molar refractivity (Wildman–Crippen MR) is 86.4 cm³/mol. The average Bonchev–Trinajstić information content (AvgIpc) is 2.92. The standard InChI is InChI=1S/C16H11N3O6/c20-16-13-4-2-1-3-12(13)15(25-16)14(19(23)24)9-17-10-5-7-11(8-6-10)18(21)22/h1-9,15,17H/b14-9+/t15-/m0/s1. The van der Waals surface area contributed by atoms with E-state index in [0.717, 1.165) is 6.20 Å². The maximum absolute atomic E-state index is 11.8. The summed E-state index contributed by atoms with van der Waals surface area (Å²) in [6.07, 6.45) is -0.00875. The van der Waals surface area contributed by atoms with Crippen molar-refractivity contribution < 1.29 is 19.4 Å². The Hall–Kier alpha value is -3.75. The number of non-ortho nitro benzene ring substituents is 1. The Morgan fingerprint density at radius 2 is 1.76 bits per heavy atom. The van der Waals surface area contributed by atoms with E-state index in [9.17, 15) is 25.0 Å². The largest absolute Gasteiger partial charge is 0.442 e. The molecule has 1 heterocycles. The summed E-state index contributed by atoms with van der Waals surface area (Å²) in [5.74, 6) is -0.622. The molecule has 2 aromatic rings. The summed E-state index contributed by atoms with van der Waals surface area (Å²) in [6, 6.07) is 11.8. The summed E-state index contributed by atoms with van der Waals surface area (Å²) < 4.78 is 5.12. The molecule has 0 saturated carbocycles. The minimum Gasteiger partial charge on any atom is -0.442 e. The number of esters is 1. The molecule has 0 radical (unpaired) electrons. The molecule has 3 rings (SSSR count). The molecule has 0 saturated heterocycles. The lowest BCUT2D eigenvalue weighted by molar-refractivity contribution is -0.436. The van der Waals surface area contributed by atoms with Crippen molar-refractivity contribution >= 4 is 17.3 Å². The summed E-state index contributed by atoms with van der Waals surface area (Å²) in [5, 5.41) is 24.7. The van der Waals surface area contributed by atoms with Crippen LogP contribution in [0.5, 0.6) is 0 Å². The number of rotatable bonds is 5. The minimum absolute atomic E-state index is 0.0947. The maximum atomic E-state index is 11.8. The highest BCUT2D eigenvalue weighted by molar-refractivity contribution is 5.94. The van der Waals surface area contributed by atoms with Crippen LogP contribution in [0, 0.1) is 20.2 Å². The first-order valence-corrected chi connectivity index (χ1v) is 7.12. The first kappa shape index (κ1) is 16.1. The maximum Gasteiger partial charge on any atom is 0.339 e. The molecule has 0 unspecified atom stereocenters. The first-order chi connectivity index (χ1) is 12.0. The summed E-state index contributed by atoms with van der Waals surface area (Å²) in [6.45, 7) is 0. The van der Waals surface area contributed by atoms with E-state index < -0.39 is 21.9 Å². The van der Waals surface area contributed by atoms with Gasteiger partial charge in [0.15, 0.2) is 0 Å². The Morgan fingerprint density at radius 1 is 1.08 bits per heavy atom. The third kappa shape index (κ3) is 3.15. The summed E-state index contributed by atoms with van der Waals surface area (Å²) in [7, 11) is 0. The van der Waals surface area contributed by atoms with Gasteiger partial charge in [-0.3, -0.25) is 20.2 Å². The number of nitro benzene ring substituents is 1. The van der Waals surface area contributed by atoms with Gasteiger partial charge in [-0.1, -0.05) is 18.2 Å². The number of carbonyl (C=O) groups excluding carboxylic acids is 1. The smallest absolute Gasteiger partial charge is 0.339 e. The Balaban J connectivity index is 1.87. The van der Waals surface area contributed by atoms with Crippen molar-refractivity contribution in [3.05, 3.63) is 91.8 Å². The third-order valence-electron chi connectivity index (χ3n) is 3.63. The van der Waals surface area contributed by atoms with Gasteiger partial charge in [-0.05, 0) is 18.2 Å². The molecule has 1 aliphatic rings. The van der Waals surface area contributed by atoms with E-state index >= 15 is 0 Å². The Labute approximate surface area is 140 Å². The fourth-order valence-electron chi connectivity index (χ4n) is 2.43. The van der Waals surface area contributed by atoms with E-state index in [1.54, 1.807) is 24.3 Å². The molecule has 1 N–H and O–H groups in total. The molecule has 25 heavy (non-hydrogen) atoms. The zero-order valence-electron chi connectivity index (χ0n) is 12.6. The lowest BCUT2D eigenvalue weighted by Crippen LogP contribution is -2.12. The number of anilines is 1. The Bertz CT molecular complexity index is 891. The van der Waals surface area contributed by atoms with Crippen LogP contribution < -0.4 is 5.32 Å². The molecule has 0 bridgehead atoms. The highest BCUT2D eigenvalue weighted by Gasteiger charge is 2.39. The second kappa shape index (κ2) is 6.40. The molecule has 0 aromatic heterocycles. The highest BCUT2D eigenvalue weighted by atomic mass is 16.6. The van der Waals surface area contributed by atoms with Crippen molar-refractivity contribution in [2.45, 2.75) is 6.10 Å². The summed E-state index contributed by atoms with van der Waals surface area (Å²) >= 11 is 0. The van der Waals surface area contributed by atoms with Gasteiger partial charge in [0.25, 0.3) is 5.69 Å². The van der Waals surface area contributed by atoms with Gasteiger partial charge >= 0.3 is 11.7 Å². The molecule has 0 spiro atoms. The van der Waals surface area contributed by atoms with Gasteiger partial charge in [-0.25, -0.2) is 4.79 Å². The SMILES string of the molecule is O=C1O[C@H](/C(=C\Nc2ccc([N+](=O)[O-])cc2)[N+](=O)[O-])c2ccccc21. The molecule has 9 nitrogen and oxygen atoms in total. The van der Waals surface area contributed by atoms with Gasteiger partial charge < -0.3 is 10.1 Å². The monoisotopic (exact) mass is 341 g/mol. The van der Waals surface area contributed by atoms with Gasteiger partial charge in [-0.2, -0.15) is 0 Å². The zero-order valence-corrected chi connectivity index (χ0v) is 12.6. The highest BCUT2D eigenvalue weighted by Crippen LogP contribution is 2.35. The van der Waals surface area contributed by atoms with E-state index in [1.165, 1.54) is 24.3 Å². The second-order valence-electron chi connectivity index (χ2n) is 5.15. The van der Waals surface area contributed by atoms with Crippen LogP contribution in [0.25, 0.3) is 0 Å². The van der Waals surface area contributed by atoms with Gasteiger partial charge in [-0.15, -0.1) is 0 Å². The van der Waals surface area contributed by atoms with Crippen LogP contribution in [0.15, 0.2) is 60.4 Å². The average molecular weight is 341 g/mol. The fourth-order valence-corrected chi connectivity index (χ4v) is 2.43. The van der Waals surface area contributed by atoms with Crippen LogP contribution in [-0.2, 0) is 4.74 Å². The number of benzene rings is 2. The fraction of sp³-hybridized carbons (Fsp3) is 0.0625.